The van der Waals surface area contributed by atoms with Crippen LogP contribution in [0.4, 0.5) is 0 Å². The summed E-state index contributed by atoms with van der Waals surface area (Å²) < 4.78 is 13.5. The molecule has 69 heavy (non-hydrogen) atoms. The highest BCUT2D eigenvalue weighted by molar-refractivity contribution is 7.15. The topological polar surface area (TPSA) is 202 Å². The van der Waals surface area contributed by atoms with E-state index in [1.165, 1.54) is 9.78 Å². The molecule has 1 saturated heterocycles. The SMILES string of the molecule is Cc1ncsc1-c1ccc(CNC(=O)[C@@H]2C[C@@H](O)CN2C(=O)[C@@H](NC(=O)COCCCCCOCCNC(=O)C[C@@H]2N=C(c3ccc(Cl)cc3)c3c(sc(C)c3C)-n3c(C)nnc32)C(C)(C)C)cc1. The fourth-order valence-corrected chi connectivity index (χ4v) is 10.6. The van der Waals surface area contributed by atoms with Crippen LogP contribution in [0.15, 0.2) is 59.0 Å². The second kappa shape index (κ2) is 23.0. The van der Waals surface area contributed by atoms with Gasteiger partial charge in [0.2, 0.25) is 23.6 Å². The standard InChI is InChI=1S/C50H62ClN9O7S2/c1-29-31(3)69-49-42(29)43(34-15-17-36(51)18-16-34)55-38(46-58-57-32(4)60(46)49)24-40(62)52-19-22-66-20-9-8-10-21-67-27-41(63)56-45(50(5,6)7)48(65)59-26-37(61)23-39(59)47(64)53-25-33-11-13-35(14-12-33)44-30(2)54-28-68-44/h11-18,28,37-39,45,61H,8-10,19-27H2,1-7H3,(H,52,62)(H,53,64)(H,56,63)/t37-,38+,39+,45-/m1/s1. The van der Waals surface area contributed by atoms with Crippen LogP contribution in [0.1, 0.15) is 103 Å². The highest BCUT2D eigenvalue weighted by atomic mass is 35.5. The molecule has 4 amide bonds. The highest BCUT2D eigenvalue weighted by Crippen LogP contribution is 2.40. The third kappa shape index (κ3) is 12.7. The summed E-state index contributed by atoms with van der Waals surface area (Å²) in [7, 11) is 0. The van der Waals surface area contributed by atoms with Crippen molar-refractivity contribution in [3.05, 3.63) is 104 Å². The van der Waals surface area contributed by atoms with Gasteiger partial charge in [0, 0.05) is 60.3 Å². The number of fused-ring (bicyclic) bond motifs is 3. The van der Waals surface area contributed by atoms with E-state index >= 15 is 0 Å². The number of hydrogen-bond donors (Lipinski definition) is 4. The normalized spacial score (nSPS) is 17.1. The molecule has 0 aliphatic carbocycles. The molecular weight excluding hydrogens is 938 g/mol. The molecule has 5 heterocycles. The minimum atomic E-state index is -0.952. The van der Waals surface area contributed by atoms with Crippen LogP contribution in [-0.2, 0) is 35.2 Å². The number of likely N-dealkylation sites (tertiary alicyclic amines) is 1. The maximum absolute atomic E-state index is 14.0. The summed E-state index contributed by atoms with van der Waals surface area (Å²) in [6.07, 6.45) is 1.58. The predicted octanol–water partition coefficient (Wildman–Crippen LogP) is 6.75. The number of halogens is 1. The predicted molar refractivity (Wildman–Crippen MR) is 268 cm³/mol. The molecule has 0 saturated carbocycles. The van der Waals surface area contributed by atoms with E-state index in [0.717, 1.165) is 67.8 Å². The molecule has 0 spiro atoms. The molecule has 5 aromatic rings. The number of aryl methyl sites for hydroxylation is 3. The summed E-state index contributed by atoms with van der Waals surface area (Å²) in [6.45, 7) is 15.1. The second-order valence-corrected chi connectivity index (χ2v) is 21.1. The lowest BCUT2D eigenvalue weighted by Crippen LogP contribution is -2.58. The number of aliphatic hydroxyl groups excluding tert-OH is 1. The first kappa shape index (κ1) is 51.5. The first-order chi connectivity index (χ1) is 33.0. The number of carbonyl (C=O) groups is 4. The molecule has 0 bridgehead atoms. The van der Waals surface area contributed by atoms with Crippen molar-refractivity contribution in [3.8, 4) is 15.4 Å². The van der Waals surface area contributed by atoms with Crippen molar-refractivity contribution >= 4 is 63.6 Å². The average Bonchev–Trinajstić information content (AvgIpc) is 4.08. The van der Waals surface area contributed by atoms with Crippen LogP contribution < -0.4 is 16.0 Å². The van der Waals surface area contributed by atoms with Gasteiger partial charge in [0.25, 0.3) is 0 Å². The Morgan fingerprint density at radius 1 is 0.899 bits per heavy atom. The van der Waals surface area contributed by atoms with Crippen molar-refractivity contribution in [3.63, 3.8) is 0 Å². The molecule has 368 valence electrons. The van der Waals surface area contributed by atoms with Gasteiger partial charge in [-0.05, 0) is 81.2 Å². The van der Waals surface area contributed by atoms with Crippen LogP contribution >= 0.6 is 34.3 Å². The van der Waals surface area contributed by atoms with E-state index in [1.54, 1.807) is 22.7 Å². The van der Waals surface area contributed by atoms with Crippen LogP contribution in [0.3, 0.4) is 0 Å². The number of nitrogens with one attached hydrogen (secondary N) is 3. The van der Waals surface area contributed by atoms with E-state index in [9.17, 15) is 24.3 Å². The van der Waals surface area contributed by atoms with Gasteiger partial charge in [-0.3, -0.25) is 28.7 Å². The Bertz CT molecular complexity index is 2640. The van der Waals surface area contributed by atoms with Crippen LogP contribution in [0.25, 0.3) is 15.4 Å². The molecule has 1 fully saturated rings. The molecule has 7 rings (SSSR count). The van der Waals surface area contributed by atoms with E-state index in [1.807, 2.05) is 93.2 Å². The van der Waals surface area contributed by atoms with Gasteiger partial charge >= 0.3 is 0 Å². The summed E-state index contributed by atoms with van der Waals surface area (Å²) in [5, 5.41) is 29.8. The zero-order chi connectivity index (χ0) is 49.4. The number of hydrogen-bond acceptors (Lipinski definition) is 13. The van der Waals surface area contributed by atoms with Crippen LogP contribution in [0.2, 0.25) is 5.02 Å². The summed E-state index contributed by atoms with van der Waals surface area (Å²) >= 11 is 9.47. The summed E-state index contributed by atoms with van der Waals surface area (Å²) in [6, 6.07) is 13.1. The maximum Gasteiger partial charge on any atom is 0.246 e. The van der Waals surface area contributed by atoms with Crippen molar-refractivity contribution < 1.29 is 33.8 Å². The fraction of sp³-hybridized carbons (Fsp3) is 0.480. The minimum absolute atomic E-state index is 0.0116. The van der Waals surface area contributed by atoms with E-state index < -0.39 is 41.5 Å². The summed E-state index contributed by atoms with van der Waals surface area (Å²) in [5.74, 6) is -0.0774. The van der Waals surface area contributed by atoms with Gasteiger partial charge in [-0.1, -0.05) is 68.8 Å². The van der Waals surface area contributed by atoms with Crippen molar-refractivity contribution in [1.29, 1.82) is 0 Å². The van der Waals surface area contributed by atoms with Crippen molar-refractivity contribution in [2.75, 3.05) is 39.5 Å². The smallest absolute Gasteiger partial charge is 0.246 e. The molecule has 16 nitrogen and oxygen atoms in total. The first-order valence-corrected chi connectivity index (χ1v) is 25.4. The number of unbranched alkanes of at least 4 members (excludes halogenated alkanes) is 2. The van der Waals surface area contributed by atoms with Gasteiger partial charge in [0.1, 0.15) is 35.6 Å². The Balaban J connectivity index is 0.797. The van der Waals surface area contributed by atoms with Crippen LogP contribution in [-0.4, -0.2) is 117 Å². The van der Waals surface area contributed by atoms with E-state index in [-0.39, 0.29) is 44.4 Å². The number of benzene rings is 2. The summed E-state index contributed by atoms with van der Waals surface area (Å²) in [5.41, 5.74) is 7.85. The lowest BCUT2D eigenvalue weighted by molar-refractivity contribution is -0.144. The Morgan fingerprint density at radius 2 is 1.61 bits per heavy atom. The number of β-amino-alcohol motifs (C(OH)–C–C–N with tert-alkyl or cyclic N) is 1. The summed E-state index contributed by atoms with van der Waals surface area (Å²) in [4.78, 5) is 66.9. The van der Waals surface area contributed by atoms with Crippen molar-refractivity contribution in [2.24, 2.45) is 10.4 Å². The number of thiazole rings is 1. The number of thiophene rings is 1. The Hall–Kier alpha value is -5.37. The second-order valence-electron chi connectivity index (χ2n) is 18.6. The first-order valence-electron chi connectivity index (χ1n) is 23.3. The number of nitrogens with zero attached hydrogens (tertiary/aromatic N) is 6. The average molecular weight is 1000 g/mol. The molecule has 2 aromatic carbocycles. The molecule has 4 N–H and O–H groups in total. The number of aliphatic hydroxyl groups is 1. The van der Waals surface area contributed by atoms with E-state index in [2.05, 4.69) is 45.0 Å². The van der Waals surface area contributed by atoms with Gasteiger partial charge in [0.05, 0.1) is 40.9 Å². The van der Waals surface area contributed by atoms with Crippen LogP contribution in [0, 0.1) is 33.1 Å². The van der Waals surface area contributed by atoms with Crippen LogP contribution in [0.5, 0.6) is 0 Å². The number of aromatic nitrogens is 4. The van der Waals surface area contributed by atoms with Gasteiger partial charge < -0.3 is 35.4 Å². The fourth-order valence-electron chi connectivity index (χ4n) is 8.48. The molecule has 2 aliphatic heterocycles. The number of ether oxygens (including phenoxy) is 2. The zero-order valence-electron chi connectivity index (χ0n) is 40.3. The molecule has 0 unspecified atom stereocenters. The number of carbonyl (C=O) groups excluding carboxylic acids is 4. The van der Waals surface area contributed by atoms with Gasteiger partial charge in [-0.2, -0.15) is 0 Å². The number of rotatable bonds is 20. The Kier molecular flexibility index (Phi) is 17.2. The van der Waals surface area contributed by atoms with Gasteiger partial charge in [0.15, 0.2) is 5.82 Å². The maximum atomic E-state index is 14.0. The minimum Gasteiger partial charge on any atom is -0.391 e. The van der Waals surface area contributed by atoms with E-state index in [0.29, 0.717) is 43.6 Å². The largest absolute Gasteiger partial charge is 0.391 e. The van der Waals surface area contributed by atoms with Gasteiger partial charge in [-0.25, -0.2) is 4.98 Å². The lowest BCUT2D eigenvalue weighted by Gasteiger charge is -2.35. The molecule has 3 aromatic heterocycles. The van der Waals surface area contributed by atoms with E-state index in [4.69, 9.17) is 26.1 Å². The Morgan fingerprint density at radius 3 is 2.30 bits per heavy atom. The molecular formula is C50H62ClN9O7S2. The number of amides is 4. The van der Waals surface area contributed by atoms with Crippen molar-refractivity contribution in [1.82, 2.24) is 40.6 Å². The highest BCUT2D eigenvalue weighted by Gasteiger charge is 2.44. The Labute approximate surface area is 416 Å². The van der Waals surface area contributed by atoms with Crippen molar-refractivity contribution in [2.45, 2.75) is 111 Å². The third-order valence-corrected chi connectivity index (χ3v) is 14.7. The van der Waals surface area contributed by atoms with Gasteiger partial charge in [-0.15, -0.1) is 32.9 Å². The molecule has 2 aliphatic rings. The molecule has 0 radical (unpaired) electrons. The zero-order valence-corrected chi connectivity index (χ0v) is 42.7. The monoisotopic (exact) mass is 999 g/mol. The quantitative estimate of drug-likeness (QED) is 0.0605. The molecule has 4 atom stereocenters. The third-order valence-electron chi connectivity index (χ3n) is 12.3. The molecule has 19 heteroatoms. The number of aliphatic imine (C=N–C) groups is 1. The lowest BCUT2D eigenvalue weighted by atomic mass is 9.85.